The second-order valence-corrected chi connectivity index (χ2v) is 5.68. The molecule has 0 unspecified atom stereocenters. The molecule has 2 aromatic carbocycles. The molecule has 2 aromatic rings. The first kappa shape index (κ1) is 17.9. The number of halogens is 1. The van der Waals surface area contributed by atoms with Crippen molar-refractivity contribution in [2.45, 2.75) is 0 Å². The van der Waals surface area contributed by atoms with Crippen molar-refractivity contribution in [3.63, 3.8) is 0 Å². The van der Waals surface area contributed by atoms with Gasteiger partial charge in [-0.1, -0.05) is 12.1 Å². The van der Waals surface area contributed by atoms with E-state index >= 15 is 0 Å². The monoisotopic (exact) mass is 392 g/mol. The minimum absolute atomic E-state index is 0.164. The number of carboxylic acids is 1. The van der Waals surface area contributed by atoms with Crippen molar-refractivity contribution in [2.24, 2.45) is 0 Å². The largest absolute Gasteiger partial charge is 0.497 e. The minimum Gasteiger partial charge on any atom is -0.497 e. The van der Waals surface area contributed by atoms with Crippen LogP contribution >= 0.6 is 15.9 Å². The number of benzene rings is 2. The van der Waals surface area contributed by atoms with Gasteiger partial charge >= 0.3 is 5.97 Å². The van der Waals surface area contributed by atoms with Crippen molar-refractivity contribution < 1.29 is 24.1 Å². The molecule has 0 aromatic heterocycles. The van der Waals surface area contributed by atoms with E-state index in [9.17, 15) is 9.90 Å². The van der Waals surface area contributed by atoms with Gasteiger partial charge in [-0.2, -0.15) is 0 Å². The van der Waals surface area contributed by atoms with Crippen LogP contribution in [0, 0.1) is 0 Å². The van der Waals surface area contributed by atoms with E-state index in [0.29, 0.717) is 32.8 Å². The Labute approximate surface area is 148 Å². The molecule has 0 aliphatic heterocycles. The molecule has 6 heteroatoms. The summed E-state index contributed by atoms with van der Waals surface area (Å²) in [7, 11) is 4.63. The highest BCUT2D eigenvalue weighted by Gasteiger charge is 2.14. The smallest absolute Gasteiger partial charge is 0.336 e. The van der Waals surface area contributed by atoms with Crippen molar-refractivity contribution in [1.29, 1.82) is 0 Å². The molecule has 2 rings (SSSR count). The van der Waals surface area contributed by atoms with Gasteiger partial charge in [0.05, 0.1) is 31.4 Å². The van der Waals surface area contributed by atoms with Crippen molar-refractivity contribution in [1.82, 2.24) is 0 Å². The zero-order valence-corrected chi connectivity index (χ0v) is 15.1. The van der Waals surface area contributed by atoms with Crippen molar-refractivity contribution in [3.8, 4) is 17.2 Å². The van der Waals surface area contributed by atoms with Crippen LogP contribution in [0.3, 0.4) is 0 Å². The molecule has 0 heterocycles. The number of aliphatic carboxylic acids is 1. The van der Waals surface area contributed by atoms with Gasteiger partial charge in [-0.15, -0.1) is 0 Å². The summed E-state index contributed by atoms with van der Waals surface area (Å²) in [5, 5.41) is 9.54. The molecule has 0 spiro atoms. The van der Waals surface area contributed by atoms with Gasteiger partial charge in [0.15, 0.2) is 11.5 Å². The molecule has 0 saturated heterocycles. The zero-order valence-electron chi connectivity index (χ0n) is 13.5. The average molecular weight is 393 g/mol. The van der Waals surface area contributed by atoms with Crippen LogP contribution in [0.5, 0.6) is 17.2 Å². The highest BCUT2D eigenvalue weighted by Crippen LogP contribution is 2.37. The summed E-state index contributed by atoms with van der Waals surface area (Å²) in [4.78, 5) is 11.7. The fourth-order valence-electron chi connectivity index (χ4n) is 2.23. The Bertz CT molecular complexity index is 766. The number of methoxy groups -OCH3 is 3. The number of ether oxygens (including phenoxy) is 3. The molecule has 5 nitrogen and oxygen atoms in total. The third kappa shape index (κ3) is 3.89. The second-order valence-electron chi connectivity index (χ2n) is 4.83. The molecule has 0 aliphatic rings. The van der Waals surface area contributed by atoms with Crippen LogP contribution < -0.4 is 14.2 Å². The van der Waals surface area contributed by atoms with E-state index in [1.807, 2.05) is 0 Å². The third-order valence-corrected chi connectivity index (χ3v) is 3.99. The third-order valence-electron chi connectivity index (χ3n) is 3.40. The topological polar surface area (TPSA) is 65.0 Å². The molecule has 0 bridgehead atoms. The van der Waals surface area contributed by atoms with Gasteiger partial charge in [-0.05, 0) is 57.4 Å². The number of hydrogen-bond acceptors (Lipinski definition) is 4. The molecule has 1 N–H and O–H groups in total. The predicted molar refractivity (Wildman–Crippen MR) is 95.7 cm³/mol. The standard InChI is InChI=1S/C18H17BrO5/c1-22-13-6-4-12(5-7-13)14(18(20)21)8-11-9-15(19)17(24-3)16(10-11)23-2/h4-10H,1-3H3,(H,20,21)/b14-8+. The lowest BCUT2D eigenvalue weighted by Crippen LogP contribution is -2.00. The zero-order chi connectivity index (χ0) is 17.7. The maximum atomic E-state index is 11.7. The van der Waals surface area contributed by atoms with Crippen LogP contribution in [0.15, 0.2) is 40.9 Å². The quantitative estimate of drug-likeness (QED) is 0.592. The first-order chi connectivity index (χ1) is 11.5. The molecule has 126 valence electrons. The van der Waals surface area contributed by atoms with E-state index in [0.717, 1.165) is 0 Å². The van der Waals surface area contributed by atoms with Crippen LogP contribution in [0.4, 0.5) is 0 Å². The van der Waals surface area contributed by atoms with Gasteiger partial charge in [0.25, 0.3) is 0 Å². The van der Waals surface area contributed by atoms with Crippen LogP contribution in [0.1, 0.15) is 11.1 Å². The number of carboxylic acid groups (broad SMARTS) is 1. The van der Waals surface area contributed by atoms with Crippen LogP contribution in [0.2, 0.25) is 0 Å². The normalized spacial score (nSPS) is 11.1. The van der Waals surface area contributed by atoms with E-state index < -0.39 is 5.97 Å². The lowest BCUT2D eigenvalue weighted by atomic mass is 10.0. The summed E-state index contributed by atoms with van der Waals surface area (Å²) in [5.41, 5.74) is 1.42. The first-order valence-electron chi connectivity index (χ1n) is 7.01. The fourth-order valence-corrected chi connectivity index (χ4v) is 2.85. The Hall–Kier alpha value is -2.47. The lowest BCUT2D eigenvalue weighted by molar-refractivity contribution is -0.130. The van der Waals surface area contributed by atoms with Crippen molar-refractivity contribution >= 4 is 33.5 Å². The molecule has 0 amide bonds. The summed E-state index contributed by atoms with van der Waals surface area (Å²) < 4.78 is 16.3. The maximum Gasteiger partial charge on any atom is 0.336 e. The molecule has 0 radical (unpaired) electrons. The minimum atomic E-state index is -1.02. The Balaban J connectivity index is 2.51. The van der Waals surface area contributed by atoms with Gasteiger partial charge in [-0.25, -0.2) is 4.79 Å². The summed E-state index contributed by atoms with van der Waals surface area (Å²) in [5.74, 6) is 0.706. The van der Waals surface area contributed by atoms with E-state index in [4.69, 9.17) is 14.2 Å². The highest BCUT2D eigenvalue weighted by atomic mass is 79.9. The van der Waals surface area contributed by atoms with Crippen molar-refractivity contribution in [2.75, 3.05) is 21.3 Å². The average Bonchev–Trinajstić information content (AvgIpc) is 2.59. The second kappa shape index (κ2) is 7.88. The van der Waals surface area contributed by atoms with Gasteiger partial charge < -0.3 is 19.3 Å². The Kier molecular flexibility index (Phi) is 5.87. The van der Waals surface area contributed by atoms with Crippen LogP contribution in [-0.4, -0.2) is 32.4 Å². The Morgan fingerprint density at radius 3 is 2.21 bits per heavy atom. The van der Waals surface area contributed by atoms with Crippen LogP contribution in [-0.2, 0) is 4.79 Å². The fraction of sp³-hybridized carbons (Fsp3) is 0.167. The first-order valence-corrected chi connectivity index (χ1v) is 7.80. The van der Waals surface area contributed by atoms with E-state index in [1.54, 1.807) is 49.6 Å². The molecular weight excluding hydrogens is 376 g/mol. The number of carbonyl (C=O) groups is 1. The molecule has 0 fully saturated rings. The molecular formula is C18H17BrO5. The molecule has 0 saturated carbocycles. The van der Waals surface area contributed by atoms with E-state index in [-0.39, 0.29) is 5.57 Å². The highest BCUT2D eigenvalue weighted by molar-refractivity contribution is 9.10. The molecule has 0 atom stereocenters. The van der Waals surface area contributed by atoms with Gasteiger partial charge in [0, 0.05) is 0 Å². The Morgan fingerprint density at radius 1 is 1.04 bits per heavy atom. The number of hydrogen-bond donors (Lipinski definition) is 1. The van der Waals surface area contributed by atoms with Crippen LogP contribution in [0.25, 0.3) is 11.6 Å². The van der Waals surface area contributed by atoms with Crippen molar-refractivity contribution in [3.05, 3.63) is 52.0 Å². The maximum absolute atomic E-state index is 11.7. The Morgan fingerprint density at radius 2 is 1.71 bits per heavy atom. The summed E-state index contributed by atoms with van der Waals surface area (Å²) in [6, 6.07) is 10.3. The number of rotatable bonds is 6. The van der Waals surface area contributed by atoms with E-state index in [1.165, 1.54) is 14.2 Å². The van der Waals surface area contributed by atoms with Gasteiger partial charge in [0.1, 0.15) is 5.75 Å². The summed E-state index contributed by atoms with van der Waals surface area (Å²) in [6.07, 6.45) is 1.58. The molecule has 0 aliphatic carbocycles. The van der Waals surface area contributed by atoms with Gasteiger partial charge in [0.2, 0.25) is 0 Å². The molecule has 24 heavy (non-hydrogen) atoms. The summed E-state index contributed by atoms with van der Waals surface area (Å²) in [6.45, 7) is 0. The SMILES string of the molecule is COc1ccc(/C(=C\c2cc(Br)c(OC)c(OC)c2)C(=O)O)cc1. The predicted octanol–water partition coefficient (Wildman–Crippen LogP) is 4.10. The lowest BCUT2D eigenvalue weighted by Gasteiger charge is -2.11. The van der Waals surface area contributed by atoms with Gasteiger partial charge in [-0.3, -0.25) is 0 Å². The summed E-state index contributed by atoms with van der Waals surface area (Å²) >= 11 is 3.40. The van der Waals surface area contributed by atoms with E-state index in [2.05, 4.69) is 15.9 Å².